The van der Waals surface area contributed by atoms with E-state index in [9.17, 15) is 4.79 Å². The minimum absolute atomic E-state index is 0.170. The van der Waals surface area contributed by atoms with Crippen LogP contribution in [0.5, 0.6) is 5.75 Å². The molecule has 0 unspecified atom stereocenters. The molecule has 1 amide bonds. The molecule has 1 rings (SSSR count). The molecule has 0 heterocycles. The summed E-state index contributed by atoms with van der Waals surface area (Å²) in [4.78, 5) is 11.7. The summed E-state index contributed by atoms with van der Waals surface area (Å²) >= 11 is 0. The van der Waals surface area contributed by atoms with Gasteiger partial charge in [-0.05, 0) is 25.1 Å². The van der Waals surface area contributed by atoms with Gasteiger partial charge in [0.25, 0.3) is 5.91 Å². The number of nitrogens with one attached hydrogen (secondary N) is 1. The lowest BCUT2D eigenvalue weighted by Gasteiger charge is -2.09. The Kier molecular flexibility index (Phi) is 5.29. The van der Waals surface area contributed by atoms with Gasteiger partial charge in [0, 0.05) is 19.2 Å². The molecule has 0 spiro atoms. The smallest absolute Gasteiger partial charge is 0.251 e. The molecule has 5 nitrogen and oxygen atoms in total. The van der Waals surface area contributed by atoms with Crippen LogP contribution in [0.15, 0.2) is 18.2 Å². The number of ether oxygens (including phenoxy) is 2. The molecule has 0 aromatic heterocycles. The summed E-state index contributed by atoms with van der Waals surface area (Å²) in [5.74, 6) is 0.428. The van der Waals surface area contributed by atoms with Crippen LogP contribution < -0.4 is 15.8 Å². The lowest BCUT2D eigenvalue weighted by atomic mass is 10.2. The maximum Gasteiger partial charge on any atom is 0.251 e. The number of nitrogens with two attached hydrogens (primary N) is 1. The van der Waals surface area contributed by atoms with Crippen molar-refractivity contribution in [2.24, 2.45) is 0 Å². The van der Waals surface area contributed by atoms with Gasteiger partial charge in [0.05, 0.1) is 18.9 Å². The first-order chi connectivity index (χ1) is 8.19. The lowest BCUT2D eigenvalue weighted by molar-refractivity contribution is 0.0937. The Morgan fingerprint density at radius 1 is 1.47 bits per heavy atom. The van der Waals surface area contributed by atoms with Crippen molar-refractivity contribution in [1.82, 2.24) is 5.32 Å². The van der Waals surface area contributed by atoms with Crippen molar-refractivity contribution < 1.29 is 14.3 Å². The van der Waals surface area contributed by atoms with Gasteiger partial charge >= 0.3 is 0 Å². The average Bonchev–Trinajstić information content (AvgIpc) is 2.32. The highest BCUT2D eigenvalue weighted by molar-refractivity contribution is 5.95. The maximum absolute atomic E-state index is 11.7. The van der Waals surface area contributed by atoms with Gasteiger partial charge in [0.15, 0.2) is 0 Å². The first-order valence-corrected chi connectivity index (χ1v) is 5.48. The number of hydrogen-bond donors (Lipinski definition) is 2. The summed E-state index contributed by atoms with van der Waals surface area (Å²) < 4.78 is 10.1. The zero-order valence-corrected chi connectivity index (χ0v) is 10.2. The molecule has 1 aromatic rings. The van der Waals surface area contributed by atoms with E-state index in [1.54, 1.807) is 25.3 Å². The van der Waals surface area contributed by atoms with Crippen LogP contribution in [0.1, 0.15) is 17.3 Å². The largest absolute Gasteiger partial charge is 0.492 e. The molecule has 0 aliphatic rings. The Morgan fingerprint density at radius 3 is 2.82 bits per heavy atom. The molecule has 3 N–H and O–H groups in total. The molecule has 0 saturated heterocycles. The molecule has 5 heteroatoms. The lowest BCUT2D eigenvalue weighted by Crippen LogP contribution is -2.26. The van der Waals surface area contributed by atoms with Crippen molar-refractivity contribution in [3.8, 4) is 5.75 Å². The number of rotatable bonds is 6. The Bertz CT molecular complexity index is 380. The van der Waals surface area contributed by atoms with E-state index >= 15 is 0 Å². The molecule has 0 aliphatic heterocycles. The van der Waals surface area contributed by atoms with Gasteiger partial charge in [-0.3, -0.25) is 4.79 Å². The number of carbonyl (C=O) groups excluding carboxylic acids is 1. The molecular formula is C12H18N2O3. The number of amides is 1. The van der Waals surface area contributed by atoms with Gasteiger partial charge in [-0.25, -0.2) is 0 Å². The van der Waals surface area contributed by atoms with Crippen LogP contribution in [0, 0.1) is 0 Å². The SMILES string of the molecule is CCOc1ccc(C(=O)NCCOC)cc1N. The van der Waals surface area contributed by atoms with Crippen molar-refractivity contribution in [3.63, 3.8) is 0 Å². The fourth-order valence-corrected chi connectivity index (χ4v) is 1.35. The number of hydrogen-bond acceptors (Lipinski definition) is 4. The van der Waals surface area contributed by atoms with Crippen LogP contribution in [-0.2, 0) is 4.74 Å². The van der Waals surface area contributed by atoms with Crippen molar-refractivity contribution in [1.29, 1.82) is 0 Å². The fourth-order valence-electron chi connectivity index (χ4n) is 1.35. The topological polar surface area (TPSA) is 73.6 Å². The van der Waals surface area contributed by atoms with E-state index in [1.807, 2.05) is 6.92 Å². The number of benzene rings is 1. The van der Waals surface area contributed by atoms with Crippen molar-refractivity contribution >= 4 is 11.6 Å². The summed E-state index contributed by atoms with van der Waals surface area (Å²) in [5.41, 5.74) is 6.75. The third-order valence-electron chi connectivity index (χ3n) is 2.16. The van der Waals surface area contributed by atoms with Crippen LogP contribution in [0.4, 0.5) is 5.69 Å². The molecule has 0 aliphatic carbocycles. The molecule has 0 fully saturated rings. The average molecular weight is 238 g/mol. The summed E-state index contributed by atoms with van der Waals surface area (Å²) in [6.07, 6.45) is 0. The molecule has 17 heavy (non-hydrogen) atoms. The van der Waals surface area contributed by atoms with Crippen molar-refractivity contribution in [2.45, 2.75) is 6.92 Å². The molecule has 0 bridgehead atoms. The standard InChI is InChI=1S/C12H18N2O3/c1-3-17-11-5-4-9(8-10(11)13)12(15)14-6-7-16-2/h4-5,8H,3,6-7,13H2,1-2H3,(H,14,15). The van der Waals surface area contributed by atoms with Crippen LogP contribution in [0.2, 0.25) is 0 Å². The summed E-state index contributed by atoms with van der Waals surface area (Å²) in [5, 5.41) is 2.72. The van der Waals surface area contributed by atoms with Crippen LogP contribution in [-0.4, -0.2) is 32.8 Å². The minimum Gasteiger partial charge on any atom is -0.492 e. The van der Waals surface area contributed by atoms with Gasteiger partial charge in [-0.2, -0.15) is 0 Å². The fraction of sp³-hybridized carbons (Fsp3) is 0.417. The third-order valence-corrected chi connectivity index (χ3v) is 2.16. The van der Waals surface area contributed by atoms with E-state index in [0.717, 1.165) is 0 Å². The summed E-state index contributed by atoms with van der Waals surface area (Å²) in [7, 11) is 1.58. The zero-order valence-electron chi connectivity index (χ0n) is 10.2. The second kappa shape index (κ2) is 6.75. The van der Waals surface area contributed by atoms with Gasteiger partial charge in [-0.15, -0.1) is 0 Å². The van der Waals surface area contributed by atoms with Crippen molar-refractivity contribution in [3.05, 3.63) is 23.8 Å². The summed E-state index contributed by atoms with van der Waals surface area (Å²) in [6.45, 7) is 3.38. The second-order valence-electron chi connectivity index (χ2n) is 3.43. The predicted octanol–water partition coefficient (Wildman–Crippen LogP) is 1.04. The van der Waals surface area contributed by atoms with Crippen LogP contribution >= 0.6 is 0 Å². The van der Waals surface area contributed by atoms with Gasteiger partial charge in [-0.1, -0.05) is 0 Å². The molecule has 1 aromatic carbocycles. The second-order valence-corrected chi connectivity index (χ2v) is 3.43. The first kappa shape index (κ1) is 13.3. The molecule has 94 valence electrons. The number of nitrogen functional groups attached to an aromatic ring is 1. The molecular weight excluding hydrogens is 220 g/mol. The Hall–Kier alpha value is -1.75. The first-order valence-electron chi connectivity index (χ1n) is 5.48. The van der Waals surface area contributed by atoms with E-state index in [0.29, 0.717) is 36.8 Å². The van der Waals surface area contributed by atoms with E-state index in [-0.39, 0.29) is 5.91 Å². The van der Waals surface area contributed by atoms with Crippen LogP contribution in [0.25, 0.3) is 0 Å². The van der Waals surface area contributed by atoms with E-state index in [1.165, 1.54) is 0 Å². The summed E-state index contributed by atoms with van der Waals surface area (Å²) in [6, 6.07) is 4.99. The van der Waals surface area contributed by atoms with E-state index < -0.39 is 0 Å². The third kappa shape index (κ3) is 3.96. The van der Waals surface area contributed by atoms with Crippen LogP contribution in [0.3, 0.4) is 0 Å². The maximum atomic E-state index is 11.7. The highest BCUT2D eigenvalue weighted by Gasteiger charge is 2.07. The minimum atomic E-state index is -0.170. The highest BCUT2D eigenvalue weighted by Crippen LogP contribution is 2.22. The van der Waals surface area contributed by atoms with E-state index in [4.69, 9.17) is 15.2 Å². The monoisotopic (exact) mass is 238 g/mol. The molecule has 0 saturated carbocycles. The number of anilines is 1. The molecule has 0 atom stereocenters. The number of carbonyl (C=O) groups is 1. The Morgan fingerprint density at radius 2 is 2.24 bits per heavy atom. The van der Waals surface area contributed by atoms with Crippen molar-refractivity contribution in [2.75, 3.05) is 32.6 Å². The highest BCUT2D eigenvalue weighted by atomic mass is 16.5. The van der Waals surface area contributed by atoms with Gasteiger partial charge in [0.2, 0.25) is 0 Å². The zero-order chi connectivity index (χ0) is 12.7. The predicted molar refractivity (Wildman–Crippen MR) is 66.2 cm³/mol. The Balaban J connectivity index is 2.65. The quantitative estimate of drug-likeness (QED) is 0.573. The van der Waals surface area contributed by atoms with E-state index in [2.05, 4.69) is 5.32 Å². The Labute approximate surface area is 101 Å². The van der Waals surface area contributed by atoms with Gasteiger partial charge < -0.3 is 20.5 Å². The number of methoxy groups -OCH3 is 1. The molecule has 0 radical (unpaired) electrons. The van der Waals surface area contributed by atoms with Gasteiger partial charge in [0.1, 0.15) is 5.75 Å². The normalized spacial score (nSPS) is 10.0.